The van der Waals surface area contributed by atoms with Crippen LogP contribution in [0.1, 0.15) is 106 Å². The third-order valence-corrected chi connectivity index (χ3v) is 6.69. The summed E-state index contributed by atoms with van der Waals surface area (Å²) >= 11 is 0. The lowest BCUT2D eigenvalue weighted by Crippen LogP contribution is -2.33. The molecule has 0 aromatic heterocycles. The van der Waals surface area contributed by atoms with Crippen molar-refractivity contribution >= 4 is 0 Å². The summed E-state index contributed by atoms with van der Waals surface area (Å²) in [5, 5.41) is 19.7. The van der Waals surface area contributed by atoms with Crippen molar-refractivity contribution in [3.8, 4) is 0 Å². The van der Waals surface area contributed by atoms with Gasteiger partial charge in [-0.2, -0.15) is 0 Å². The molecule has 1 aliphatic heterocycles. The van der Waals surface area contributed by atoms with Crippen molar-refractivity contribution in [3.63, 3.8) is 0 Å². The van der Waals surface area contributed by atoms with Crippen molar-refractivity contribution in [1.82, 2.24) is 0 Å². The Hall–Kier alpha value is -1.68. The molecule has 0 radical (unpaired) electrons. The SMILES string of the molecule is CC.CCC(C)c1ccc(Cc2cc([C@H]3C[C@@H](O)C[C@@H](CO)O3)ccc2C2CC2)cc1. The molecule has 2 aromatic rings. The Labute approximate surface area is 188 Å². The van der Waals surface area contributed by atoms with E-state index in [-0.39, 0.29) is 18.8 Å². The average Bonchev–Trinajstić information content (AvgIpc) is 3.65. The van der Waals surface area contributed by atoms with Crippen LogP contribution in [0.3, 0.4) is 0 Å². The van der Waals surface area contributed by atoms with Crippen LogP contribution in [0.2, 0.25) is 0 Å². The minimum Gasteiger partial charge on any atom is -0.394 e. The van der Waals surface area contributed by atoms with Crippen LogP contribution in [0, 0.1) is 0 Å². The first-order valence-electron chi connectivity index (χ1n) is 12.2. The van der Waals surface area contributed by atoms with E-state index in [1.165, 1.54) is 35.1 Å². The van der Waals surface area contributed by atoms with E-state index < -0.39 is 6.10 Å². The smallest absolute Gasteiger partial charge is 0.0854 e. The summed E-state index contributed by atoms with van der Waals surface area (Å²) in [6.45, 7) is 8.47. The fraction of sp³-hybridized carbons (Fsp3) is 0.571. The number of aliphatic hydroxyl groups excluding tert-OH is 2. The van der Waals surface area contributed by atoms with E-state index in [1.54, 1.807) is 0 Å². The second-order valence-electron chi connectivity index (χ2n) is 9.01. The molecule has 4 rings (SSSR count). The zero-order valence-corrected chi connectivity index (χ0v) is 19.7. The lowest BCUT2D eigenvalue weighted by Gasteiger charge is -2.33. The largest absolute Gasteiger partial charge is 0.394 e. The second-order valence-corrected chi connectivity index (χ2v) is 9.01. The predicted molar refractivity (Wildman–Crippen MR) is 128 cm³/mol. The van der Waals surface area contributed by atoms with E-state index in [0.717, 1.165) is 18.4 Å². The maximum Gasteiger partial charge on any atom is 0.0854 e. The normalized spacial score (nSPS) is 24.3. The summed E-state index contributed by atoms with van der Waals surface area (Å²) in [6, 6.07) is 15.8. The second kappa shape index (κ2) is 11.3. The van der Waals surface area contributed by atoms with Crippen LogP contribution in [-0.2, 0) is 11.2 Å². The summed E-state index contributed by atoms with van der Waals surface area (Å²) in [4.78, 5) is 0. The molecule has 2 aromatic carbocycles. The van der Waals surface area contributed by atoms with Gasteiger partial charge in [0.1, 0.15) is 0 Å². The molecule has 1 unspecified atom stereocenters. The third-order valence-electron chi connectivity index (χ3n) is 6.69. The average molecular weight is 425 g/mol. The Morgan fingerprint density at radius 2 is 1.74 bits per heavy atom. The Morgan fingerprint density at radius 1 is 1.03 bits per heavy atom. The highest BCUT2D eigenvalue weighted by molar-refractivity contribution is 5.41. The number of hydrogen-bond acceptors (Lipinski definition) is 3. The maximum absolute atomic E-state index is 10.2. The molecule has 0 bridgehead atoms. The Morgan fingerprint density at radius 3 is 2.35 bits per heavy atom. The van der Waals surface area contributed by atoms with Crippen molar-refractivity contribution in [2.45, 2.75) is 96.4 Å². The van der Waals surface area contributed by atoms with Crippen LogP contribution >= 0.6 is 0 Å². The molecule has 2 N–H and O–H groups in total. The molecule has 4 atom stereocenters. The minimum absolute atomic E-state index is 0.0386. The van der Waals surface area contributed by atoms with Gasteiger partial charge in [0.15, 0.2) is 0 Å². The van der Waals surface area contributed by atoms with Crippen LogP contribution in [0.25, 0.3) is 0 Å². The van der Waals surface area contributed by atoms with Gasteiger partial charge >= 0.3 is 0 Å². The standard InChI is InChI=1S/C26H34O3.C2H6/c1-3-17(2)19-6-4-18(5-7-19)12-22-13-21(10-11-25(22)20-8-9-20)26-15-23(28)14-24(16-27)29-26;1-2/h4-7,10-11,13,17,20,23-24,26-28H,3,8-9,12,14-16H2,1-2H3;1-2H3/t17?,23-,24-,26+;/m0./s1. The van der Waals surface area contributed by atoms with Gasteiger partial charge in [-0.25, -0.2) is 0 Å². The highest BCUT2D eigenvalue weighted by atomic mass is 16.5. The number of aliphatic hydroxyl groups is 2. The van der Waals surface area contributed by atoms with Gasteiger partial charge in [0, 0.05) is 12.8 Å². The van der Waals surface area contributed by atoms with E-state index in [9.17, 15) is 10.2 Å². The van der Waals surface area contributed by atoms with Gasteiger partial charge in [-0.3, -0.25) is 0 Å². The molecule has 1 saturated heterocycles. The fourth-order valence-electron chi connectivity index (χ4n) is 4.51. The molecule has 1 saturated carbocycles. The van der Waals surface area contributed by atoms with Gasteiger partial charge in [-0.15, -0.1) is 0 Å². The minimum atomic E-state index is -0.412. The zero-order valence-electron chi connectivity index (χ0n) is 19.7. The number of benzene rings is 2. The van der Waals surface area contributed by atoms with Crippen molar-refractivity contribution in [3.05, 3.63) is 70.3 Å². The first kappa shape index (κ1) is 24.0. The van der Waals surface area contributed by atoms with Gasteiger partial charge < -0.3 is 14.9 Å². The molecule has 0 amide bonds. The summed E-state index contributed by atoms with van der Waals surface area (Å²) in [5.74, 6) is 1.30. The van der Waals surface area contributed by atoms with E-state index >= 15 is 0 Å². The van der Waals surface area contributed by atoms with Gasteiger partial charge in [0.2, 0.25) is 0 Å². The number of rotatable bonds is 7. The molecular weight excluding hydrogens is 384 g/mol. The fourth-order valence-corrected chi connectivity index (χ4v) is 4.51. The lowest BCUT2D eigenvalue weighted by atomic mass is 9.90. The molecule has 3 heteroatoms. The zero-order chi connectivity index (χ0) is 22.4. The number of ether oxygens (including phenoxy) is 1. The van der Waals surface area contributed by atoms with Crippen LogP contribution < -0.4 is 0 Å². The van der Waals surface area contributed by atoms with Crippen molar-refractivity contribution < 1.29 is 14.9 Å². The molecule has 170 valence electrons. The Bertz CT molecular complexity index is 810. The molecule has 2 fully saturated rings. The van der Waals surface area contributed by atoms with Crippen LogP contribution in [0.5, 0.6) is 0 Å². The van der Waals surface area contributed by atoms with Gasteiger partial charge in [0.05, 0.1) is 24.9 Å². The predicted octanol–water partition coefficient (Wildman–Crippen LogP) is 6.27. The topological polar surface area (TPSA) is 49.7 Å². The van der Waals surface area contributed by atoms with Crippen molar-refractivity contribution in [2.75, 3.05) is 6.61 Å². The molecule has 0 spiro atoms. The molecule has 3 nitrogen and oxygen atoms in total. The van der Waals surface area contributed by atoms with Crippen LogP contribution in [-0.4, -0.2) is 29.0 Å². The molecule has 1 aliphatic carbocycles. The van der Waals surface area contributed by atoms with E-state index in [4.69, 9.17) is 4.74 Å². The Balaban J connectivity index is 0.00000132. The van der Waals surface area contributed by atoms with Crippen molar-refractivity contribution in [1.29, 1.82) is 0 Å². The summed E-state index contributed by atoms with van der Waals surface area (Å²) in [7, 11) is 0. The quantitative estimate of drug-likeness (QED) is 0.551. The maximum atomic E-state index is 10.2. The highest BCUT2D eigenvalue weighted by Gasteiger charge is 2.31. The Kier molecular flexibility index (Phi) is 8.71. The third kappa shape index (κ3) is 6.19. The summed E-state index contributed by atoms with van der Waals surface area (Å²) in [5.41, 5.74) is 6.72. The van der Waals surface area contributed by atoms with E-state index in [2.05, 4.69) is 56.3 Å². The first-order valence-corrected chi connectivity index (χ1v) is 12.2. The molecule has 1 heterocycles. The van der Waals surface area contributed by atoms with Gasteiger partial charge in [-0.1, -0.05) is 70.2 Å². The van der Waals surface area contributed by atoms with Crippen LogP contribution in [0.15, 0.2) is 42.5 Å². The molecule has 31 heavy (non-hydrogen) atoms. The number of hydrogen-bond donors (Lipinski definition) is 2. The van der Waals surface area contributed by atoms with Crippen molar-refractivity contribution in [2.24, 2.45) is 0 Å². The monoisotopic (exact) mass is 424 g/mol. The van der Waals surface area contributed by atoms with E-state index in [1.807, 2.05) is 13.8 Å². The molecule has 2 aliphatic rings. The molecular formula is C28H40O3. The summed E-state index contributed by atoms with van der Waals surface area (Å²) in [6.07, 6.45) is 4.94. The van der Waals surface area contributed by atoms with Gasteiger partial charge in [0.25, 0.3) is 0 Å². The van der Waals surface area contributed by atoms with E-state index in [0.29, 0.717) is 24.7 Å². The summed E-state index contributed by atoms with van der Waals surface area (Å²) < 4.78 is 6.06. The first-order chi connectivity index (χ1) is 15.1. The highest BCUT2D eigenvalue weighted by Crippen LogP contribution is 2.43. The van der Waals surface area contributed by atoms with Crippen LogP contribution in [0.4, 0.5) is 0 Å². The van der Waals surface area contributed by atoms with Gasteiger partial charge in [-0.05, 0) is 65.3 Å². The lowest BCUT2D eigenvalue weighted by molar-refractivity contribution is -0.113.